The van der Waals surface area contributed by atoms with Gasteiger partial charge < -0.3 is 50.1 Å². The van der Waals surface area contributed by atoms with Gasteiger partial charge in [-0.15, -0.1) is 0 Å². The molecule has 5 rings (SSSR count). The Bertz CT molecular complexity index is 2820. The molecule has 2 aromatic carbocycles. The summed E-state index contributed by atoms with van der Waals surface area (Å²) < 4.78 is 29.7. The van der Waals surface area contributed by atoms with E-state index in [0.717, 1.165) is 16.7 Å². The summed E-state index contributed by atoms with van der Waals surface area (Å²) in [6.07, 6.45) is 2.95. The molecule has 9 atom stereocenters. The zero-order valence-electron chi connectivity index (χ0n) is 49.9. The van der Waals surface area contributed by atoms with Crippen molar-refractivity contribution in [1.82, 2.24) is 10.6 Å². The second-order valence-corrected chi connectivity index (χ2v) is 24.7. The molecule has 2 saturated heterocycles. The highest BCUT2D eigenvalue weighted by atomic mass is 79.9. The molecule has 5 amide bonds. The molecule has 3 heterocycles. The number of fused-ring (bicyclic) bond motifs is 5. The van der Waals surface area contributed by atoms with E-state index in [1.54, 1.807) is 65.1 Å². The lowest BCUT2D eigenvalue weighted by atomic mass is 9.78. The minimum atomic E-state index is -1.62. The number of anilines is 2. The number of nitrogens with two attached hydrogens (primary N) is 1. The van der Waals surface area contributed by atoms with Crippen molar-refractivity contribution in [3.05, 3.63) is 93.6 Å². The first-order chi connectivity index (χ1) is 38.9. The number of carbonyl (C=O) groups excluding carboxylic acids is 8. The largest absolute Gasteiger partial charge is 0.462 e. The molecule has 0 unspecified atom stereocenters. The van der Waals surface area contributed by atoms with Crippen LogP contribution in [0.5, 0.6) is 0 Å². The van der Waals surface area contributed by atoms with Crippen molar-refractivity contribution in [1.29, 1.82) is 0 Å². The number of aliphatic hydroxyl groups is 1. The Morgan fingerprint density at radius 3 is 2.41 bits per heavy atom. The average molecular weight is 1240 g/mol. The molecular formula is C62H85BrClN5O14. The van der Waals surface area contributed by atoms with E-state index < -0.39 is 95.0 Å². The predicted molar refractivity (Wildman–Crippen MR) is 320 cm³/mol. The van der Waals surface area contributed by atoms with Gasteiger partial charge in [0.15, 0.2) is 5.78 Å². The van der Waals surface area contributed by atoms with Crippen molar-refractivity contribution >= 4 is 86.3 Å². The molecule has 0 radical (unpaired) electrons. The maximum Gasteiger partial charge on any atom is 0.412 e. The molecule has 21 heteroatoms. The Balaban J connectivity index is 1.31. The first-order valence-corrected chi connectivity index (χ1v) is 29.8. The summed E-state index contributed by atoms with van der Waals surface area (Å²) in [6.45, 7) is 20.2. The molecule has 4 bridgehead atoms. The molecule has 0 aliphatic carbocycles. The van der Waals surface area contributed by atoms with Gasteiger partial charge in [0.25, 0.3) is 0 Å². The van der Waals surface area contributed by atoms with Gasteiger partial charge in [-0.25, -0.2) is 14.4 Å². The van der Waals surface area contributed by atoms with E-state index >= 15 is 0 Å². The van der Waals surface area contributed by atoms with Crippen molar-refractivity contribution in [2.75, 3.05) is 36.2 Å². The number of halogens is 2. The highest BCUT2D eigenvalue weighted by Crippen LogP contribution is 2.50. The molecule has 2 aromatic rings. The number of hydrogen-bond donors (Lipinski definition) is 5. The van der Waals surface area contributed by atoms with Gasteiger partial charge >= 0.3 is 24.1 Å². The summed E-state index contributed by atoms with van der Waals surface area (Å²) in [4.78, 5) is 108. The minimum absolute atomic E-state index is 0.0182. The van der Waals surface area contributed by atoms with E-state index in [-0.39, 0.29) is 69.0 Å². The predicted octanol–water partition coefficient (Wildman–Crippen LogP) is 9.34. The van der Waals surface area contributed by atoms with E-state index in [0.29, 0.717) is 70.5 Å². The topological polar surface area (TPSA) is 272 Å². The van der Waals surface area contributed by atoms with Gasteiger partial charge in [0, 0.05) is 74.8 Å². The third kappa shape index (κ3) is 19.0. The summed E-state index contributed by atoms with van der Waals surface area (Å²) in [6, 6.07) is 6.99. The quantitative estimate of drug-likeness (QED) is 0.0173. The number of Topliss-reactive ketones (excluding diaryl/α,β-unsaturated/α-hetero) is 2. The molecule has 456 valence electrons. The number of nitrogens with one attached hydrogen (secondary N) is 3. The second-order valence-electron chi connectivity index (χ2n) is 23.7. The highest BCUT2D eigenvalue weighted by Gasteiger charge is 2.64. The van der Waals surface area contributed by atoms with Crippen LogP contribution in [-0.4, -0.2) is 126 Å². The molecule has 3 aliphatic heterocycles. The van der Waals surface area contributed by atoms with E-state index in [4.69, 9.17) is 41.0 Å². The van der Waals surface area contributed by atoms with Crippen LogP contribution in [0.2, 0.25) is 5.02 Å². The maximum absolute atomic E-state index is 14.4. The number of ketones is 2. The van der Waals surface area contributed by atoms with Crippen molar-refractivity contribution in [3.8, 4) is 0 Å². The van der Waals surface area contributed by atoms with Crippen LogP contribution in [0.3, 0.4) is 0 Å². The molecule has 0 saturated carbocycles. The number of urea groups is 1. The van der Waals surface area contributed by atoms with Crippen LogP contribution in [0.1, 0.15) is 135 Å². The van der Waals surface area contributed by atoms with Crippen LogP contribution in [-0.2, 0) is 65.3 Å². The average Bonchev–Trinajstić information content (AvgIpc) is 1.96. The number of primary amides is 1. The maximum atomic E-state index is 14.4. The zero-order chi connectivity index (χ0) is 61.7. The highest BCUT2D eigenvalue weighted by molar-refractivity contribution is 9.09. The monoisotopic (exact) mass is 1240 g/mol. The number of aryl methyl sites for hydroxylation is 2. The number of nitrogens with zero attached hydrogens (tertiary/aromatic N) is 1. The molecular weight excluding hydrogens is 1150 g/mol. The molecule has 19 nitrogen and oxygen atoms in total. The van der Waals surface area contributed by atoms with Gasteiger partial charge in [0.05, 0.1) is 35.7 Å². The number of methoxy groups -OCH3 is 1. The Kier molecular flexibility index (Phi) is 24.3. The number of carbonyl (C=O) groups is 8. The first-order valence-electron chi connectivity index (χ1n) is 28.3. The Labute approximate surface area is 501 Å². The molecule has 0 spiro atoms. The van der Waals surface area contributed by atoms with E-state index in [9.17, 15) is 43.5 Å². The number of rotatable bonds is 23. The molecule has 3 aliphatic rings. The number of ether oxygens (including phenoxy) is 5. The smallest absolute Gasteiger partial charge is 0.412 e. The molecule has 0 aromatic heterocycles. The fourth-order valence-electron chi connectivity index (χ4n) is 10.8. The number of hydrogen-bond acceptors (Lipinski definition) is 14. The fraction of sp³-hybridized carbons (Fsp3) is 0.581. The van der Waals surface area contributed by atoms with Crippen molar-refractivity contribution in [2.45, 2.75) is 187 Å². The van der Waals surface area contributed by atoms with Crippen LogP contribution >= 0.6 is 27.5 Å². The Hall–Kier alpha value is -5.93. The van der Waals surface area contributed by atoms with E-state index in [1.807, 2.05) is 52.8 Å². The summed E-state index contributed by atoms with van der Waals surface area (Å²) in [5.74, 6) is -3.96. The number of benzene rings is 2. The van der Waals surface area contributed by atoms with Crippen LogP contribution in [0.15, 0.2) is 66.3 Å². The number of alkyl halides is 1. The Morgan fingerprint density at radius 2 is 1.76 bits per heavy atom. The summed E-state index contributed by atoms with van der Waals surface area (Å²) in [7, 11) is 3.06. The van der Waals surface area contributed by atoms with Crippen LogP contribution in [0, 0.1) is 31.6 Å². The number of amides is 5. The number of epoxide rings is 1. The summed E-state index contributed by atoms with van der Waals surface area (Å²) in [5.41, 5.74) is 6.52. The lowest BCUT2D eigenvalue weighted by Gasteiger charge is -2.41. The van der Waals surface area contributed by atoms with Gasteiger partial charge in [-0.05, 0) is 126 Å². The number of allylic oxidation sites excluding steroid dienone is 3. The first kappa shape index (κ1) is 67.9. The van der Waals surface area contributed by atoms with Crippen LogP contribution in [0.25, 0.3) is 0 Å². The Morgan fingerprint density at radius 1 is 1.05 bits per heavy atom. The lowest BCUT2D eigenvalue weighted by Crippen LogP contribution is -2.53. The third-order valence-corrected chi connectivity index (χ3v) is 17.1. The third-order valence-electron chi connectivity index (χ3n) is 16.0. The van der Waals surface area contributed by atoms with Crippen LogP contribution < -0.4 is 26.6 Å². The van der Waals surface area contributed by atoms with Gasteiger partial charge in [0.1, 0.15) is 40.9 Å². The SMILES string of the molecule is C=C(CBr)C(=O)OC(C)(C)CCCCC(=O)C[C@H](C(=O)N[C@@H](CCCNC(N)=O)C(=O)Cc1ccc(NC(=O)O[C@H]2CC(=O)N(C)c3cc(cc(C)c3Cl)C/C(C)=C/C=C/[C@@H](OC)[C@]3(O)CC(=O)O[C@@H](C3)[C@@H](C)[C@@H]3O[C@@]23C)cc1C)C(C)C. The van der Waals surface area contributed by atoms with Gasteiger partial charge in [-0.1, -0.05) is 90.8 Å². The second kappa shape index (κ2) is 29.7. The van der Waals surface area contributed by atoms with Gasteiger partial charge in [-0.3, -0.25) is 29.3 Å². The molecule has 83 heavy (non-hydrogen) atoms. The van der Waals surface area contributed by atoms with Crippen molar-refractivity contribution in [2.24, 2.45) is 23.5 Å². The summed E-state index contributed by atoms with van der Waals surface area (Å²) in [5, 5.41) is 20.9. The lowest BCUT2D eigenvalue weighted by molar-refractivity contribution is -0.187. The zero-order valence-corrected chi connectivity index (χ0v) is 52.2. The molecule has 6 N–H and O–H groups in total. The molecule has 2 fully saturated rings. The number of esters is 2. The van der Waals surface area contributed by atoms with Gasteiger partial charge in [-0.2, -0.15) is 0 Å². The summed E-state index contributed by atoms with van der Waals surface area (Å²) >= 11 is 10.1. The standard InChI is InChI=1S/C62H85BrClN5O14/c1-35(2)45(30-44(70)18-13-14-23-60(8,9)83-57(75)39(6)34-63)56(74)68-46(19-16-24-66-58(65)76)48(71)29-42-21-22-43(27-37(42)4)67-59(77)81-51-31-52(72)69(11)47-28-41(26-38(5)54(47)64)25-36(3)17-15-20-50(79-12)62(78)32-49(80-53(73)33-62)40(7)55-61(51,10)82-55/h15,17,20-22,26-28,35,40,45-46,49-51,55,78H,6,13-14,16,18-19,23-25,29-34H2,1-5,7-12H3,(H,67,77)(H,68,74)(H3,65,66,76)/b20-15+,36-17+/t40-,45+,46+,49+,50-,51+,55+,61+,62-/m1/s1. The minimum Gasteiger partial charge on any atom is -0.462 e. The van der Waals surface area contributed by atoms with Crippen LogP contribution in [0.4, 0.5) is 21.0 Å². The van der Waals surface area contributed by atoms with Crippen molar-refractivity contribution in [3.63, 3.8) is 0 Å². The van der Waals surface area contributed by atoms with Gasteiger partial charge in [0.2, 0.25) is 11.8 Å². The number of unbranched alkanes of at least 4 members (excludes halogenated alkanes) is 1. The normalized spacial score (nSPS) is 24.6. The fourth-order valence-corrected chi connectivity index (χ4v) is 11.3. The van der Waals surface area contributed by atoms with E-state index in [2.05, 4.69) is 38.5 Å². The van der Waals surface area contributed by atoms with E-state index in [1.165, 1.54) is 12.0 Å². The van der Waals surface area contributed by atoms with Crippen molar-refractivity contribution < 1.29 is 67.1 Å².